The summed E-state index contributed by atoms with van der Waals surface area (Å²) in [4.78, 5) is 34.8. The zero-order chi connectivity index (χ0) is 14.3. The van der Waals surface area contributed by atoms with Crippen LogP contribution in [0.4, 0.5) is 0 Å². The minimum absolute atomic E-state index is 0.195. The summed E-state index contributed by atoms with van der Waals surface area (Å²) in [6, 6.07) is 8.44. The van der Waals surface area contributed by atoms with Crippen molar-refractivity contribution in [2.75, 3.05) is 0 Å². The van der Waals surface area contributed by atoms with Gasteiger partial charge in [-0.2, -0.15) is 0 Å². The van der Waals surface area contributed by atoms with E-state index >= 15 is 0 Å². The molecule has 0 saturated heterocycles. The third-order valence-electron chi connectivity index (χ3n) is 3.15. The van der Waals surface area contributed by atoms with E-state index in [0.717, 1.165) is 5.39 Å². The fraction of sp³-hybridized carbons (Fsp3) is 0.0625. The molecule has 3 rings (SSSR count). The molecule has 0 unspecified atom stereocenters. The van der Waals surface area contributed by atoms with Gasteiger partial charge in [-0.25, -0.2) is 0 Å². The van der Waals surface area contributed by atoms with Crippen molar-refractivity contribution in [3.8, 4) is 5.75 Å². The molecule has 0 heterocycles. The quantitative estimate of drug-likeness (QED) is 0.588. The molecular formula is C16H10O4. The van der Waals surface area contributed by atoms with E-state index in [2.05, 4.69) is 0 Å². The molecule has 0 bridgehead atoms. The number of esters is 1. The second-order valence-corrected chi connectivity index (χ2v) is 4.53. The lowest BCUT2D eigenvalue weighted by Crippen LogP contribution is -2.12. The van der Waals surface area contributed by atoms with Gasteiger partial charge in [0, 0.05) is 18.1 Å². The summed E-state index contributed by atoms with van der Waals surface area (Å²) in [6.07, 6.45) is 2.54. The highest BCUT2D eigenvalue weighted by atomic mass is 16.5. The van der Waals surface area contributed by atoms with Gasteiger partial charge in [0.05, 0.1) is 0 Å². The van der Waals surface area contributed by atoms with Gasteiger partial charge >= 0.3 is 5.97 Å². The fourth-order valence-electron chi connectivity index (χ4n) is 2.32. The number of carbonyl (C=O) groups excluding carboxylic acids is 3. The maximum atomic E-state index is 12.0. The molecule has 1 aliphatic carbocycles. The van der Waals surface area contributed by atoms with Crippen molar-refractivity contribution < 1.29 is 19.1 Å². The molecular weight excluding hydrogens is 256 g/mol. The van der Waals surface area contributed by atoms with E-state index in [1.807, 2.05) is 0 Å². The van der Waals surface area contributed by atoms with E-state index in [1.165, 1.54) is 19.1 Å². The average Bonchev–Trinajstić information content (AvgIpc) is 2.41. The van der Waals surface area contributed by atoms with Crippen LogP contribution in [0.15, 0.2) is 42.5 Å². The molecule has 2 aromatic carbocycles. The Bertz CT molecular complexity index is 799. The monoisotopic (exact) mass is 266 g/mol. The first-order valence-electron chi connectivity index (χ1n) is 6.08. The number of hydrogen-bond acceptors (Lipinski definition) is 4. The van der Waals surface area contributed by atoms with Gasteiger partial charge in [-0.15, -0.1) is 0 Å². The summed E-state index contributed by atoms with van der Waals surface area (Å²) in [5.41, 5.74) is 0.744. The molecule has 1 aliphatic rings. The first-order valence-corrected chi connectivity index (χ1v) is 6.08. The van der Waals surface area contributed by atoms with Gasteiger partial charge in [-0.05, 0) is 41.1 Å². The molecule has 4 heteroatoms. The van der Waals surface area contributed by atoms with Crippen molar-refractivity contribution in [3.63, 3.8) is 0 Å². The highest BCUT2D eigenvalue weighted by Crippen LogP contribution is 2.29. The van der Waals surface area contributed by atoms with Crippen LogP contribution in [0.25, 0.3) is 10.8 Å². The van der Waals surface area contributed by atoms with E-state index in [1.54, 1.807) is 30.3 Å². The highest BCUT2D eigenvalue weighted by Gasteiger charge is 2.21. The van der Waals surface area contributed by atoms with Crippen LogP contribution < -0.4 is 4.74 Å². The van der Waals surface area contributed by atoms with Crippen LogP contribution in [0.3, 0.4) is 0 Å². The summed E-state index contributed by atoms with van der Waals surface area (Å²) >= 11 is 0. The van der Waals surface area contributed by atoms with E-state index in [-0.39, 0.29) is 11.6 Å². The van der Waals surface area contributed by atoms with E-state index < -0.39 is 5.97 Å². The summed E-state index contributed by atoms with van der Waals surface area (Å²) in [7, 11) is 0. The predicted octanol–water partition coefficient (Wildman–Crippen LogP) is 2.70. The molecule has 4 nitrogen and oxygen atoms in total. The zero-order valence-corrected chi connectivity index (χ0v) is 10.7. The van der Waals surface area contributed by atoms with Gasteiger partial charge in [0.1, 0.15) is 5.75 Å². The van der Waals surface area contributed by atoms with Crippen molar-refractivity contribution in [2.24, 2.45) is 0 Å². The van der Waals surface area contributed by atoms with Gasteiger partial charge in [0.25, 0.3) is 0 Å². The normalized spacial score (nSPS) is 13.4. The first-order chi connectivity index (χ1) is 9.56. The smallest absolute Gasteiger partial charge is 0.308 e. The average molecular weight is 266 g/mol. The number of rotatable bonds is 1. The maximum absolute atomic E-state index is 12.0. The lowest BCUT2D eigenvalue weighted by molar-refractivity contribution is -0.131. The highest BCUT2D eigenvalue weighted by molar-refractivity contribution is 6.26. The number of allylic oxidation sites excluding steroid dienone is 2. The summed E-state index contributed by atoms with van der Waals surface area (Å²) in [5.74, 6) is -0.491. The largest absolute Gasteiger partial charge is 0.427 e. The Labute approximate surface area is 114 Å². The summed E-state index contributed by atoms with van der Waals surface area (Å²) in [5, 5.41) is 1.43. The molecule has 0 aliphatic heterocycles. The van der Waals surface area contributed by atoms with Crippen molar-refractivity contribution in [1.82, 2.24) is 0 Å². The molecule has 98 valence electrons. The van der Waals surface area contributed by atoms with Crippen LogP contribution in [0.2, 0.25) is 0 Å². The Kier molecular flexibility index (Phi) is 2.71. The summed E-state index contributed by atoms with van der Waals surface area (Å²) < 4.78 is 5.02. The van der Waals surface area contributed by atoms with Crippen LogP contribution in [0.5, 0.6) is 5.75 Å². The lowest BCUT2D eigenvalue weighted by atomic mass is 9.90. The topological polar surface area (TPSA) is 60.4 Å². The van der Waals surface area contributed by atoms with E-state index in [4.69, 9.17) is 4.74 Å². The van der Waals surface area contributed by atoms with Gasteiger partial charge in [0.2, 0.25) is 0 Å². The van der Waals surface area contributed by atoms with Crippen LogP contribution in [-0.2, 0) is 4.79 Å². The predicted molar refractivity (Wildman–Crippen MR) is 73.1 cm³/mol. The second-order valence-electron chi connectivity index (χ2n) is 4.53. The number of ether oxygens (including phenoxy) is 1. The standard InChI is InChI=1S/C16H10O4/c1-9(17)20-11-4-2-10-3-5-12-14(18)6-7-15(19)16(12)13(10)8-11/h2-8H,1H3. The second kappa shape index (κ2) is 4.42. The maximum Gasteiger partial charge on any atom is 0.308 e. The summed E-state index contributed by atoms with van der Waals surface area (Å²) in [6.45, 7) is 1.31. The number of hydrogen-bond donors (Lipinski definition) is 0. The molecule has 0 N–H and O–H groups in total. The first kappa shape index (κ1) is 12.3. The zero-order valence-electron chi connectivity index (χ0n) is 10.7. The van der Waals surface area contributed by atoms with Crippen molar-refractivity contribution in [3.05, 3.63) is 53.6 Å². The molecule has 20 heavy (non-hydrogen) atoms. The van der Waals surface area contributed by atoms with Crippen molar-refractivity contribution >= 4 is 28.3 Å². The SMILES string of the molecule is CC(=O)Oc1ccc2ccc3c(c2c1)C(=O)C=CC3=O. The Morgan fingerprint density at radius 3 is 2.45 bits per heavy atom. The van der Waals surface area contributed by atoms with Crippen LogP contribution in [0.1, 0.15) is 27.6 Å². The minimum atomic E-state index is -0.434. The van der Waals surface area contributed by atoms with Gasteiger partial charge in [-0.3, -0.25) is 14.4 Å². The van der Waals surface area contributed by atoms with Crippen LogP contribution in [0, 0.1) is 0 Å². The molecule has 0 fully saturated rings. The van der Waals surface area contributed by atoms with Gasteiger partial charge in [-0.1, -0.05) is 12.1 Å². The number of ketones is 2. The Morgan fingerprint density at radius 1 is 1.00 bits per heavy atom. The Balaban J connectivity index is 2.28. The number of benzene rings is 2. The molecule has 0 radical (unpaired) electrons. The van der Waals surface area contributed by atoms with Crippen molar-refractivity contribution in [1.29, 1.82) is 0 Å². The Morgan fingerprint density at radius 2 is 1.70 bits per heavy atom. The molecule has 2 aromatic rings. The number of carbonyl (C=O) groups is 3. The fourth-order valence-corrected chi connectivity index (χ4v) is 2.32. The van der Waals surface area contributed by atoms with E-state index in [9.17, 15) is 14.4 Å². The van der Waals surface area contributed by atoms with Crippen molar-refractivity contribution in [2.45, 2.75) is 6.92 Å². The third-order valence-corrected chi connectivity index (χ3v) is 3.15. The van der Waals surface area contributed by atoms with Gasteiger partial charge < -0.3 is 4.74 Å². The molecule has 0 atom stereocenters. The van der Waals surface area contributed by atoms with Crippen LogP contribution in [-0.4, -0.2) is 17.5 Å². The van der Waals surface area contributed by atoms with Crippen LogP contribution >= 0.6 is 0 Å². The number of fused-ring (bicyclic) bond motifs is 3. The lowest BCUT2D eigenvalue weighted by Gasteiger charge is -2.13. The molecule has 0 saturated carbocycles. The minimum Gasteiger partial charge on any atom is -0.427 e. The Hall–Kier alpha value is -2.75. The van der Waals surface area contributed by atoms with Gasteiger partial charge in [0.15, 0.2) is 11.6 Å². The molecule has 0 aromatic heterocycles. The molecule has 0 spiro atoms. The third kappa shape index (κ3) is 1.91. The molecule has 0 amide bonds. The van der Waals surface area contributed by atoms with E-state index in [0.29, 0.717) is 22.3 Å².